The molecule has 0 N–H and O–H groups in total. The lowest BCUT2D eigenvalue weighted by Gasteiger charge is -2.15. The van der Waals surface area contributed by atoms with Crippen LogP contribution in [0.1, 0.15) is 27.2 Å². The van der Waals surface area contributed by atoms with E-state index in [2.05, 4.69) is 4.74 Å². The number of carbonyl (C=O) groups excluding carboxylic acids is 2. The third-order valence-corrected chi connectivity index (χ3v) is 1.94. The van der Waals surface area contributed by atoms with Gasteiger partial charge in [0.15, 0.2) is 0 Å². The molecule has 0 bridgehead atoms. The number of methoxy groups -OCH3 is 1. The average Bonchev–Trinajstić information content (AvgIpc) is 1.98. The van der Waals surface area contributed by atoms with Gasteiger partial charge in [-0.3, -0.25) is 9.59 Å². The van der Waals surface area contributed by atoms with E-state index in [-0.39, 0.29) is 30.0 Å². The van der Waals surface area contributed by atoms with Gasteiger partial charge in [0.05, 0.1) is 13.5 Å². The summed E-state index contributed by atoms with van der Waals surface area (Å²) in [4.78, 5) is 21.9. The molecule has 0 aliphatic heterocycles. The zero-order valence-corrected chi connectivity index (χ0v) is 8.09. The second-order valence-corrected chi connectivity index (χ2v) is 3.24. The van der Waals surface area contributed by atoms with E-state index in [1.807, 2.05) is 13.8 Å². The van der Waals surface area contributed by atoms with Crippen LogP contribution in [0, 0.1) is 11.8 Å². The largest absolute Gasteiger partial charge is 0.469 e. The number of carbonyl (C=O) groups is 2. The molecule has 0 aromatic carbocycles. The van der Waals surface area contributed by atoms with Crippen molar-refractivity contribution in [2.24, 2.45) is 11.8 Å². The van der Waals surface area contributed by atoms with Gasteiger partial charge in [-0.1, -0.05) is 13.8 Å². The van der Waals surface area contributed by atoms with Crippen LogP contribution in [0.3, 0.4) is 0 Å². The van der Waals surface area contributed by atoms with Gasteiger partial charge >= 0.3 is 5.97 Å². The normalized spacial score (nSPS) is 12.8. The molecular weight excluding hydrogens is 156 g/mol. The predicted molar refractivity (Wildman–Crippen MR) is 45.6 cm³/mol. The smallest absolute Gasteiger partial charge is 0.306 e. The van der Waals surface area contributed by atoms with Crippen molar-refractivity contribution in [2.75, 3.05) is 7.11 Å². The minimum absolute atomic E-state index is 0.0513. The van der Waals surface area contributed by atoms with E-state index < -0.39 is 0 Å². The minimum Gasteiger partial charge on any atom is -0.469 e. The zero-order valence-electron chi connectivity index (χ0n) is 8.09. The molecule has 0 aliphatic rings. The number of rotatable bonds is 4. The van der Waals surface area contributed by atoms with E-state index in [4.69, 9.17) is 0 Å². The Morgan fingerprint density at radius 3 is 2.08 bits per heavy atom. The van der Waals surface area contributed by atoms with E-state index in [0.29, 0.717) is 0 Å². The Morgan fingerprint density at radius 1 is 1.33 bits per heavy atom. The van der Waals surface area contributed by atoms with Gasteiger partial charge in [0.2, 0.25) is 0 Å². The van der Waals surface area contributed by atoms with E-state index in [1.165, 1.54) is 14.0 Å². The van der Waals surface area contributed by atoms with Crippen molar-refractivity contribution >= 4 is 11.8 Å². The third-order valence-electron chi connectivity index (χ3n) is 1.94. The van der Waals surface area contributed by atoms with Crippen LogP contribution in [-0.4, -0.2) is 18.9 Å². The molecule has 0 unspecified atom stereocenters. The standard InChI is InChI=1S/C9H16O3/c1-6(2)8(7(3)10)5-9(11)12-4/h6,8H,5H2,1-4H3/t8-/m1/s1. The van der Waals surface area contributed by atoms with E-state index in [0.717, 1.165) is 0 Å². The van der Waals surface area contributed by atoms with Crippen molar-refractivity contribution < 1.29 is 14.3 Å². The van der Waals surface area contributed by atoms with Crippen LogP contribution in [0.25, 0.3) is 0 Å². The van der Waals surface area contributed by atoms with Crippen molar-refractivity contribution in [1.29, 1.82) is 0 Å². The number of Topliss-reactive ketones (excluding diaryl/α,β-unsaturated/α-hetero) is 1. The quantitative estimate of drug-likeness (QED) is 0.602. The van der Waals surface area contributed by atoms with Gasteiger partial charge in [-0.25, -0.2) is 0 Å². The van der Waals surface area contributed by atoms with Crippen molar-refractivity contribution in [3.8, 4) is 0 Å². The van der Waals surface area contributed by atoms with Gasteiger partial charge in [0, 0.05) is 5.92 Å². The highest BCUT2D eigenvalue weighted by Crippen LogP contribution is 2.16. The van der Waals surface area contributed by atoms with Crippen LogP contribution in [0.15, 0.2) is 0 Å². The van der Waals surface area contributed by atoms with Crippen molar-refractivity contribution in [2.45, 2.75) is 27.2 Å². The molecule has 0 amide bonds. The summed E-state index contributed by atoms with van der Waals surface area (Å²) in [5.41, 5.74) is 0. The lowest BCUT2D eigenvalue weighted by molar-refractivity contribution is -0.144. The fourth-order valence-corrected chi connectivity index (χ4v) is 1.11. The first-order valence-electron chi connectivity index (χ1n) is 4.06. The zero-order chi connectivity index (χ0) is 9.72. The van der Waals surface area contributed by atoms with Crippen LogP contribution in [-0.2, 0) is 14.3 Å². The molecule has 0 rings (SSSR count). The van der Waals surface area contributed by atoms with Gasteiger partial charge in [-0.05, 0) is 12.8 Å². The third kappa shape index (κ3) is 3.51. The molecule has 0 fully saturated rings. The average molecular weight is 172 g/mol. The number of hydrogen-bond acceptors (Lipinski definition) is 3. The molecule has 0 aromatic rings. The second kappa shape index (κ2) is 4.91. The lowest BCUT2D eigenvalue weighted by atomic mass is 9.89. The summed E-state index contributed by atoms with van der Waals surface area (Å²) in [7, 11) is 1.33. The molecule has 0 saturated carbocycles. The molecule has 1 atom stereocenters. The molecule has 0 heterocycles. The number of hydrogen-bond donors (Lipinski definition) is 0. The Labute approximate surface area is 73.1 Å². The summed E-state index contributed by atoms with van der Waals surface area (Å²) in [5.74, 6) is -0.265. The number of ether oxygens (including phenoxy) is 1. The molecule has 0 aromatic heterocycles. The SMILES string of the molecule is COC(=O)C[C@@H](C(C)=O)C(C)C. The first kappa shape index (κ1) is 11.1. The second-order valence-electron chi connectivity index (χ2n) is 3.24. The Morgan fingerprint density at radius 2 is 1.83 bits per heavy atom. The maximum Gasteiger partial charge on any atom is 0.306 e. The molecule has 0 saturated heterocycles. The molecule has 0 spiro atoms. The summed E-state index contributed by atoms with van der Waals surface area (Å²) in [6.07, 6.45) is 0.198. The van der Waals surface area contributed by atoms with Crippen molar-refractivity contribution in [1.82, 2.24) is 0 Å². The van der Waals surface area contributed by atoms with Crippen molar-refractivity contribution in [3.05, 3.63) is 0 Å². The highest BCUT2D eigenvalue weighted by atomic mass is 16.5. The Balaban J connectivity index is 4.14. The van der Waals surface area contributed by atoms with Gasteiger partial charge in [0.25, 0.3) is 0 Å². The summed E-state index contributed by atoms with van der Waals surface area (Å²) >= 11 is 0. The number of esters is 1. The minimum atomic E-state index is -0.316. The molecule has 0 radical (unpaired) electrons. The van der Waals surface area contributed by atoms with E-state index in [9.17, 15) is 9.59 Å². The first-order valence-corrected chi connectivity index (χ1v) is 4.06. The summed E-state index contributed by atoms with van der Waals surface area (Å²) in [5, 5.41) is 0. The van der Waals surface area contributed by atoms with Crippen LogP contribution in [0.4, 0.5) is 0 Å². The van der Waals surface area contributed by atoms with E-state index in [1.54, 1.807) is 0 Å². The molecule has 0 aliphatic carbocycles. The molecule has 3 nitrogen and oxygen atoms in total. The fourth-order valence-electron chi connectivity index (χ4n) is 1.11. The Hall–Kier alpha value is -0.860. The van der Waals surface area contributed by atoms with Crippen LogP contribution < -0.4 is 0 Å². The maximum absolute atomic E-state index is 11.0. The van der Waals surface area contributed by atoms with Gasteiger partial charge in [-0.15, -0.1) is 0 Å². The highest BCUT2D eigenvalue weighted by molar-refractivity contribution is 5.83. The topological polar surface area (TPSA) is 43.4 Å². The lowest BCUT2D eigenvalue weighted by Crippen LogP contribution is -2.21. The molecule has 3 heteroatoms. The Bertz CT molecular complexity index is 173. The Kier molecular flexibility index (Phi) is 4.55. The molecule has 70 valence electrons. The van der Waals surface area contributed by atoms with Gasteiger partial charge < -0.3 is 4.74 Å². The first-order chi connectivity index (χ1) is 5.49. The maximum atomic E-state index is 11.0. The summed E-state index contributed by atoms with van der Waals surface area (Å²) < 4.78 is 4.49. The van der Waals surface area contributed by atoms with Gasteiger partial charge in [-0.2, -0.15) is 0 Å². The monoisotopic (exact) mass is 172 g/mol. The van der Waals surface area contributed by atoms with Crippen LogP contribution in [0.2, 0.25) is 0 Å². The van der Waals surface area contributed by atoms with Crippen LogP contribution in [0.5, 0.6) is 0 Å². The van der Waals surface area contributed by atoms with E-state index >= 15 is 0 Å². The van der Waals surface area contributed by atoms with Crippen molar-refractivity contribution in [3.63, 3.8) is 0 Å². The highest BCUT2D eigenvalue weighted by Gasteiger charge is 2.21. The van der Waals surface area contributed by atoms with Gasteiger partial charge in [0.1, 0.15) is 5.78 Å². The summed E-state index contributed by atoms with van der Waals surface area (Å²) in [6, 6.07) is 0. The fraction of sp³-hybridized carbons (Fsp3) is 0.778. The predicted octanol–water partition coefficient (Wildman–Crippen LogP) is 1.41. The molecule has 12 heavy (non-hydrogen) atoms. The number of ketones is 1. The van der Waals surface area contributed by atoms with Crippen LogP contribution >= 0.6 is 0 Å². The summed E-state index contributed by atoms with van der Waals surface area (Å²) in [6.45, 7) is 5.36. The molecular formula is C9H16O3.